The van der Waals surface area contributed by atoms with Gasteiger partial charge in [0.2, 0.25) is 6.79 Å². The van der Waals surface area contributed by atoms with Gasteiger partial charge in [-0.3, -0.25) is 19.3 Å². The van der Waals surface area contributed by atoms with E-state index in [9.17, 15) is 24.4 Å². The van der Waals surface area contributed by atoms with E-state index in [4.69, 9.17) is 15.2 Å². The molecule has 182 valence electrons. The third-order valence-electron chi connectivity index (χ3n) is 5.75. The third-order valence-corrected chi connectivity index (χ3v) is 7.61. The van der Waals surface area contributed by atoms with Crippen LogP contribution in [0.15, 0.2) is 22.3 Å². The molecule has 1 saturated heterocycles. The molecule has 2 fully saturated rings. The van der Waals surface area contributed by atoms with Crippen molar-refractivity contribution in [2.75, 3.05) is 18.3 Å². The molecule has 0 bridgehead atoms. The fourth-order valence-electron chi connectivity index (χ4n) is 4.02. The van der Waals surface area contributed by atoms with Gasteiger partial charge in [0.1, 0.15) is 22.8 Å². The van der Waals surface area contributed by atoms with E-state index in [0.29, 0.717) is 5.75 Å². The highest BCUT2D eigenvalue weighted by Gasteiger charge is 2.53. The quantitative estimate of drug-likeness (QED) is 0.119. The largest absolute Gasteiger partial charge is 0.428 e. The van der Waals surface area contributed by atoms with Gasteiger partial charge in [-0.1, -0.05) is 24.4 Å². The Hall–Kier alpha value is -3.13. The number of amides is 2. The highest BCUT2D eigenvalue weighted by atomic mass is 32.2. The molecule has 1 unspecified atom stereocenters. The highest BCUT2D eigenvalue weighted by Crippen LogP contribution is 2.38. The molecule has 14 heteroatoms. The van der Waals surface area contributed by atoms with Crippen molar-refractivity contribution >= 4 is 57.7 Å². The molecular weight excluding hydrogens is 486 g/mol. The second-order valence-electron chi connectivity index (χ2n) is 7.84. The number of carbonyl (C=O) groups excluding carboxylic acids is 4. The van der Waals surface area contributed by atoms with E-state index in [0.717, 1.165) is 43.4 Å². The number of carbonyl (C=O) groups is 4. The standard InChI is InChI=1S/C20H23N5O7S2/c21-20-22-11(8-34-20)13(24-30)15(26)23-14-16(27)25-12(6-7-33-17(14)25)19(29)32-9-31-18(28)10-4-2-1-3-5-10/h6,8,10,14,17,30H,1-5,7,9H2,(H2,21,22)(H,23,26)/t14?,17-/m1/s1. The molecule has 1 saturated carbocycles. The molecule has 0 spiro atoms. The van der Waals surface area contributed by atoms with Crippen LogP contribution >= 0.6 is 23.1 Å². The minimum atomic E-state index is -0.939. The highest BCUT2D eigenvalue weighted by molar-refractivity contribution is 8.00. The Kier molecular flexibility index (Phi) is 7.36. The molecule has 12 nitrogen and oxygen atoms in total. The van der Waals surface area contributed by atoms with Gasteiger partial charge in [0.15, 0.2) is 10.8 Å². The second kappa shape index (κ2) is 10.4. The maximum Gasteiger partial charge on any atom is 0.357 e. The van der Waals surface area contributed by atoms with E-state index in [-0.39, 0.29) is 34.1 Å². The lowest BCUT2D eigenvalue weighted by Gasteiger charge is -2.48. The number of β-lactam (4-membered cyclic amide) rings is 1. The Morgan fingerprint density at radius 2 is 2.03 bits per heavy atom. The third kappa shape index (κ3) is 4.87. The molecule has 2 amide bonds. The number of ether oxygens (including phenoxy) is 2. The number of nitrogens with two attached hydrogens (primary N) is 1. The number of thioether (sulfide) groups is 1. The van der Waals surface area contributed by atoms with Crippen molar-refractivity contribution in [2.45, 2.75) is 43.5 Å². The number of rotatable bonds is 7. The Morgan fingerprint density at radius 3 is 2.71 bits per heavy atom. The number of oxime groups is 1. The molecular formula is C20H23N5O7S2. The van der Waals surface area contributed by atoms with E-state index in [2.05, 4.69) is 15.5 Å². The van der Waals surface area contributed by atoms with Crippen LogP contribution in [0.25, 0.3) is 0 Å². The lowest BCUT2D eigenvalue weighted by atomic mass is 9.89. The number of fused-ring (bicyclic) bond motifs is 1. The number of anilines is 1. The lowest BCUT2D eigenvalue weighted by Crippen LogP contribution is -2.70. The van der Waals surface area contributed by atoms with Crippen molar-refractivity contribution in [3.8, 4) is 0 Å². The predicted octanol–water partition coefficient (Wildman–Crippen LogP) is 0.812. The molecule has 34 heavy (non-hydrogen) atoms. The van der Waals surface area contributed by atoms with Gasteiger partial charge in [-0.05, 0) is 18.9 Å². The van der Waals surface area contributed by atoms with E-state index >= 15 is 0 Å². The molecule has 2 aliphatic heterocycles. The average Bonchev–Trinajstić information content (AvgIpc) is 3.28. The van der Waals surface area contributed by atoms with Crippen molar-refractivity contribution in [2.24, 2.45) is 11.1 Å². The zero-order valence-corrected chi connectivity index (χ0v) is 19.6. The second-order valence-corrected chi connectivity index (χ2v) is 9.88. The first-order valence-corrected chi connectivity index (χ1v) is 12.6. The number of nitrogens with zero attached hydrogens (tertiary/aromatic N) is 3. The summed E-state index contributed by atoms with van der Waals surface area (Å²) in [5.41, 5.74) is 5.27. The minimum absolute atomic E-state index is 0.0243. The Labute approximate surface area is 202 Å². The number of nitrogens with one attached hydrogen (secondary N) is 1. The van der Waals surface area contributed by atoms with Crippen LogP contribution in [0, 0.1) is 5.92 Å². The molecule has 3 heterocycles. The first-order valence-electron chi connectivity index (χ1n) is 10.6. The fourth-order valence-corrected chi connectivity index (χ4v) is 5.76. The van der Waals surface area contributed by atoms with Gasteiger partial charge in [-0.2, -0.15) is 0 Å². The molecule has 3 aliphatic rings. The van der Waals surface area contributed by atoms with Crippen LogP contribution in [-0.4, -0.2) is 68.5 Å². The number of thiazole rings is 1. The maximum absolute atomic E-state index is 12.7. The summed E-state index contributed by atoms with van der Waals surface area (Å²) in [4.78, 5) is 55.0. The average molecular weight is 510 g/mol. The summed E-state index contributed by atoms with van der Waals surface area (Å²) in [5.74, 6) is -2.28. The Bertz CT molecular complexity index is 1050. The number of esters is 2. The molecule has 1 aromatic rings. The van der Waals surface area contributed by atoms with Crippen molar-refractivity contribution < 1.29 is 33.9 Å². The van der Waals surface area contributed by atoms with E-state index in [1.165, 1.54) is 22.0 Å². The molecule has 1 aromatic heterocycles. The summed E-state index contributed by atoms with van der Waals surface area (Å²) < 4.78 is 10.1. The Balaban J connectivity index is 1.30. The molecule has 2 atom stereocenters. The monoisotopic (exact) mass is 509 g/mol. The van der Waals surface area contributed by atoms with Gasteiger partial charge >= 0.3 is 11.9 Å². The summed E-state index contributed by atoms with van der Waals surface area (Å²) in [6.45, 7) is -0.529. The predicted molar refractivity (Wildman–Crippen MR) is 122 cm³/mol. The van der Waals surface area contributed by atoms with Crippen molar-refractivity contribution in [3.63, 3.8) is 0 Å². The van der Waals surface area contributed by atoms with E-state index in [1.807, 2.05) is 0 Å². The van der Waals surface area contributed by atoms with Gasteiger partial charge < -0.3 is 25.7 Å². The molecule has 4 rings (SSSR count). The van der Waals surface area contributed by atoms with Crippen LogP contribution in [-0.2, 0) is 28.7 Å². The lowest BCUT2D eigenvalue weighted by molar-refractivity contribution is -0.171. The summed E-state index contributed by atoms with van der Waals surface area (Å²) in [6, 6.07) is -0.939. The van der Waals surface area contributed by atoms with Crippen LogP contribution in [0.1, 0.15) is 37.8 Å². The normalized spacial score (nSPS) is 22.8. The smallest absolute Gasteiger partial charge is 0.357 e. The zero-order valence-electron chi connectivity index (χ0n) is 18.0. The molecule has 1 aliphatic carbocycles. The molecule has 0 aromatic carbocycles. The maximum atomic E-state index is 12.7. The minimum Gasteiger partial charge on any atom is -0.428 e. The van der Waals surface area contributed by atoms with Crippen molar-refractivity contribution in [1.82, 2.24) is 15.2 Å². The van der Waals surface area contributed by atoms with Gasteiger partial charge in [0.25, 0.3) is 11.8 Å². The number of aromatic nitrogens is 1. The Morgan fingerprint density at radius 1 is 1.26 bits per heavy atom. The van der Waals surface area contributed by atoms with Crippen LogP contribution in [0.3, 0.4) is 0 Å². The number of hydrogen-bond acceptors (Lipinski definition) is 12. The zero-order chi connectivity index (χ0) is 24.2. The van der Waals surface area contributed by atoms with Crippen molar-refractivity contribution in [1.29, 1.82) is 0 Å². The van der Waals surface area contributed by atoms with Crippen LogP contribution in [0.5, 0.6) is 0 Å². The number of hydrogen-bond donors (Lipinski definition) is 3. The van der Waals surface area contributed by atoms with E-state index in [1.54, 1.807) is 6.08 Å². The summed E-state index contributed by atoms with van der Waals surface area (Å²) in [7, 11) is 0. The first-order chi connectivity index (χ1) is 16.4. The summed E-state index contributed by atoms with van der Waals surface area (Å²) in [5, 5.41) is 15.8. The topological polar surface area (TPSA) is 174 Å². The SMILES string of the molecule is Nc1nc(C(=NO)C(=O)NC2C(=O)N3C(C(=O)OCOC(=O)C4CCCCC4)=CCS[C@H]23)cs1. The fraction of sp³-hybridized carbons (Fsp3) is 0.500. The van der Waals surface area contributed by atoms with Gasteiger partial charge in [0, 0.05) is 11.1 Å². The van der Waals surface area contributed by atoms with Crippen LogP contribution in [0.2, 0.25) is 0 Å². The van der Waals surface area contributed by atoms with E-state index < -0.39 is 36.0 Å². The van der Waals surface area contributed by atoms with Gasteiger partial charge in [0.05, 0.1) is 5.92 Å². The molecule has 4 N–H and O–H groups in total. The first kappa shape index (κ1) is 24.0. The summed E-state index contributed by atoms with van der Waals surface area (Å²) in [6.07, 6.45) is 6.13. The van der Waals surface area contributed by atoms with Gasteiger partial charge in [-0.15, -0.1) is 23.1 Å². The number of nitrogen functional groups attached to an aromatic ring is 1. The molecule has 0 radical (unpaired) electrons. The summed E-state index contributed by atoms with van der Waals surface area (Å²) >= 11 is 2.41. The van der Waals surface area contributed by atoms with Crippen LogP contribution < -0.4 is 11.1 Å². The van der Waals surface area contributed by atoms with Gasteiger partial charge in [-0.25, -0.2) is 9.78 Å². The van der Waals surface area contributed by atoms with Crippen LogP contribution in [0.4, 0.5) is 5.13 Å². The van der Waals surface area contributed by atoms with Crippen molar-refractivity contribution in [3.05, 3.63) is 22.8 Å².